The van der Waals surface area contributed by atoms with E-state index in [2.05, 4.69) is 20.7 Å². The van der Waals surface area contributed by atoms with Crippen molar-refractivity contribution >= 4 is 12.1 Å². The fraction of sp³-hybridized carbons (Fsp3) is 0.167. The fourth-order valence-corrected chi connectivity index (χ4v) is 2.43. The van der Waals surface area contributed by atoms with Crippen LogP contribution in [0.1, 0.15) is 23.0 Å². The Morgan fingerprint density at radius 2 is 2.27 bits per heavy atom. The van der Waals surface area contributed by atoms with Crippen LogP contribution in [-0.2, 0) is 7.05 Å². The number of nitrogens with one attached hydrogen (secondary N) is 2. The van der Waals surface area contributed by atoms with Gasteiger partial charge < -0.3 is 14.4 Å². The van der Waals surface area contributed by atoms with Gasteiger partial charge in [-0.25, -0.2) is 5.43 Å². The highest BCUT2D eigenvalue weighted by Gasteiger charge is 2.12. The van der Waals surface area contributed by atoms with Gasteiger partial charge in [0.25, 0.3) is 5.91 Å². The molecule has 0 unspecified atom stereocenters. The van der Waals surface area contributed by atoms with Crippen molar-refractivity contribution in [2.45, 2.75) is 6.92 Å². The molecule has 3 aromatic rings. The van der Waals surface area contributed by atoms with E-state index in [-0.39, 0.29) is 11.4 Å². The Labute approximate surface area is 150 Å². The van der Waals surface area contributed by atoms with E-state index in [1.165, 1.54) is 6.21 Å². The Bertz CT molecular complexity index is 942. The maximum Gasteiger partial charge on any atom is 0.289 e. The first-order valence-electron chi connectivity index (χ1n) is 8.05. The van der Waals surface area contributed by atoms with E-state index >= 15 is 0 Å². The summed E-state index contributed by atoms with van der Waals surface area (Å²) >= 11 is 0. The number of hydrogen-bond acceptors (Lipinski definition) is 5. The average molecular weight is 353 g/mol. The molecule has 0 saturated carbocycles. The van der Waals surface area contributed by atoms with E-state index in [4.69, 9.17) is 4.74 Å². The number of H-pyrrole nitrogens is 1. The topological polar surface area (TPSA) is 105 Å². The first-order valence-corrected chi connectivity index (χ1v) is 8.05. The molecular weight excluding hydrogens is 334 g/mol. The molecule has 3 N–H and O–H groups in total. The number of hydrogen-bond donors (Lipinski definition) is 3. The molecule has 0 radical (unpaired) electrons. The average Bonchev–Trinajstić information content (AvgIpc) is 3.27. The maximum atomic E-state index is 12.2. The molecular formula is C18H19N5O3. The SMILES string of the molecule is CCOc1cccc(C=NNC(=O)c2cc(-c3cccn3C)n[nH]2)c1O. The number of aromatic amines is 1. The fourth-order valence-electron chi connectivity index (χ4n) is 2.43. The summed E-state index contributed by atoms with van der Waals surface area (Å²) < 4.78 is 7.21. The molecule has 0 bridgehead atoms. The monoisotopic (exact) mass is 353 g/mol. The molecule has 0 aliphatic heterocycles. The smallest absolute Gasteiger partial charge is 0.289 e. The van der Waals surface area contributed by atoms with Crippen LogP contribution < -0.4 is 10.2 Å². The number of rotatable bonds is 6. The van der Waals surface area contributed by atoms with Crippen LogP contribution in [0, 0.1) is 0 Å². The summed E-state index contributed by atoms with van der Waals surface area (Å²) in [7, 11) is 1.90. The third kappa shape index (κ3) is 3.59. The highest BCUT2D eigenvalue weighted by atomic mass is 16.5. The zero-order valence-corrected chi connectivity index (χ0v) is 14.4. The van der Waals surface area contributed by atoms with E-state index < -0.39 is 5.91 Å². The highest BCUT2D eigenvalue weighted by molar-refractivity contribution is 5.94. The molecule has 0 fully saturated rings. The molecule has 2 aromatic heterocycles. The molecule has 8 heteroatoms. The Balaban J connectivity index is 1.68. The Kier molecular flexibility index (Phi) is 5.02. The molecule has 8 nitrogen and oxygen atoms in total. The van der Waals surface area contributed by atoms with Gasteiger partial charge in [0.15, 0.2) is 11.5 Å². The number of carbonyl (C=O) groups is 1. The zero-order valence-electron chi connectivity index (χ0n) is 14.4. The lowest BCUT2D eigenvalue weighted by Gasteiger charge is -2.07. The van der Waals surface area contributed by atoms with E-state index in [1.54, 1.807) is 24.3 Å². The summed E-state index contributed by atoms with van der Waals surface area (Å²) in [4.78, 5) is 12.2. The first kappa shape index (κ1) is 17.3. The Morgan fingerprint density at radius 1 is 1.42 bits per heavy atom. The lowest BCUT2D eigenvalue weighted by Crippen LogP contribution is -2.18. The zero-order chi connectivity index (χ0) is 18.5. The van der Waals surface area contributed by atoms with Gasteiger partial charge in [0.2, 0.25) is 0 Å². The summed E-state index contributed by atoms with van der Waals surface area (Å²) in [5, 5.41) is 20.8. The van der Waals surface area contributed by atoms with E-state index in [0.717, 1.165) is 5.69 Å². The number of aromatic nitrogens is 3. The van der Waals surface area contributed by atoms with Gasteiger partial charge in [0, 0.05) is 18.8 Å². The van der Waals surface area contributed by atoms with Crippen LogP contribution in [0.3, 0.4) is 0 Å². The van der Waals surface area contributed by atoms with Crippen molar-refractivity contribution in [2.75, 3.05) is 6.61 Å². The van der Waals surface area contributed by atoms with Crippen LogP contribution >= 0.6 is 0 Å². The van der Waals surface area contributed by atoms with Gasteiger partial charge in [-0.1, -0.05) is 6.07 Å². The predicted octanol–water partition coefficient (Wildman–Crippen LogP) is 2.28. The third-order valence-electron chi connectivity index (χ3n) is 3.73. The quantitative estimate of drug-likeness (QED) is 0.467. The summed E-state index contributed by atoms with van der Waals surface area (Å²) in [5.41, 5.74) is 4.67. The van der Waals surface area contributed by atoms with Gasteiger partial charge in [0.05, 0.1) is 18.5 Å². The van der Waals surface area contributed by atoms with Crippen molar-refractivity contribution in [3.8, 4) is 22.9 Å². The highest BCUT2D eigenvalue weighted by Crippen LogP contribution is 2.28. The number of phenols is 1. The molecule has 2 heterocycles. The van der Waals surface area contributed by atoms with Gasteiger partial charge in [-0.3, -0.25) is 9.89 Å². The van der Waals surface area contributed by atoms with Crippen molar-refractivity contribution in [2.24, 2.45) is 12.1 Å². The molecule has 3 rings (SSSR count). The number of para-hydroxylation sites is 1. The summed E-state index contributed by atoms with van der Waals surface area (Å²) in [6.07, 6.45) is 3.25. The van der Waals surface area contributed by atoms with Crippen LogP contribution in [0.4, 0.5) is 0 Å². The summed E-state index contributed by atoms with van der Waals surface area (Å²) in [6, 6.07) is 10.5. The second kappa shape index (κ2) is 7.56. The van der Waals surface area contributed by atoms with Gasteiger partial charge in [-0.2, -0.15) is 10.2 Å². The number of carbonyl (C=O) groups excluding carboxylic acids is 1. The number of aromatic hydroxyl groups is 1. The minimum atomic E-state index is -0.435. The normalized spacial score (nSPS) is 11.0. The van der Waals surface area contributed by atoms with Crippen LogP contribution in [0.5, 0.6) is 11.5 Å². The molecule has 0 aliphatic carbocycles. The number of hydrazone groups is 1. The van der Waals surface area contributed by atoms with Gasteiger partial charge in [-0.15, -0.1) is 0 Å². The second-order valence-corrected chi connectivity index (χ2v) is 5.50. The number of aryl methyl sites for hydroxylation is 1. The largest absolute Gasteiger partial charge is 0.504 e. The molecule has 0 spiro atoms. The van der Waals surface area contributed by atoms with Crippen LogP contribution in [0.25, 0.3) is 11.4 Å². The van der Waals surface area contributed by atoms with Crippen molar-refractivity contribution in [3.05, 3.63) is 53.9 Å². The van der Waals surface area contributed by atoms with Crippen LogP contribution in [0.15, 0.2) is 47.7 Å². The van der Waals surface area contributed by atoms with Crippen molar-refractivity contribution in [1.82, 2.24) is 20.2 Å². The molecule has 0 saturated heterocycles. The number of benzene rings is 1. The molecule has 0 aliphatic rings. The minimum absolute atomic E-state index is 0.0279. The van der Waals surface area contributed by atoms with Crippen molar-refractivity contribution in [1.29, 1.82) is 0 Å². The summed E-state index contributed by atoms with van der Waals surface area (Å²) in [5.74, 6) is -0.0990. The predicted molar refractivity (Wildman–Crippen MR) is 97.3 cm³/mol. The summed E-state index contributed by atoms with van der Waals surface area (Å²) in [6.45, 7) is 2.27. The third-order valence-corrected chi connectivity index (χ3v) is 3.73. The van der Waals surface area contributed by atoms with Gasteiger partial charge in [-0.05, 0) is 37.3 Å². The molecule has 1 aromatic carbocycles. The lowest BCUT2D eigenvalue weighted by molar-refractivity contribution is 0.0950. The second-order valence-electron chi connectivity index (χ2n) is 5.50. The molecule has 134 valence electrons. The minimum Gasteiger partial charge on any atom is -0.504 e. The standard InChI is InChI=1S/C18H19N5O3/c1-3-26-16-8-4-6-12(17(16)24)11-19-22-18(25)14-10-13(20-21-14)15-7-5-9-23(15)2/h4-11,24H,3H2,1-2H3,(H,20,21)(H,22,25). The number of nitrogens with zero attached hydrogens (tertiary/aromatic N) is 3. The van der Waals surface area contributed by atoms with E-state index in [1.807, 2.05) is 36.9 Å². The van der Waals surface area contributed by atoms with Gasteiger partial charge in [0.1, 0.15) is 11.4 Å². The molecule has 1 amide bonds. The van der Waals surface area contributed by atoms with Crippen molar-refractivity contribution in [3.63, 3.8) is 0 Å². The lowest BCUT2D eigenvalue weighted by atomic mass is 10.2. The number of amides is 1. The first-order chi connectivity index (χ1) is 12.6. The van der Waals surface area contributed by atoms with Gasteiger partial charge >= 0.3 is 0 Å². The van der Waals surface area contributed by atoms with Crippen LogP contribution in [-0.4, -0.2) is 38.6 Å². The number of ether oxygens (including phenoxy) is 1. The van der Waals surface area contributed by atoms with E-state index in [0.29, 0.717) is 23.6 Å². The van der Waals surface area contributed by atoms with Crippen molar-refractivity contribution < 1.29 is 14.6 Å². The van der Waals surface area contributed by atoms with E-state index in [9.17, 15) is 9.90 Å². The van der Waals surface area contributed by atoms with Crippen LogP contribution in [0.2, 0.25) is 0 Å². The molecule has 0 atom stereocenters. The Morgan fingerprint density at radius 3 is 3.00 bits per heavy atom. The maximum absolute atomic E-state index is 12.2. The number of phenolic OH excluding ortho intramolecular Hbond substituents is 1. The Hall–Kier alpha value is -3.55. The molecule has 26 heavy (non-hydrogen) atoms.